The number of anilines is 2. The summed E-state index contributed by atoms with van der Waals surface area (Å²) in [7, 11) is 0. The minimum absolute atomic E-state index is 0.0143. The molecule has 0 atom stereocenters. The second-order valence-corrected chi connectivity index (χ2v) is 4.32. The summed E-state index contributed by atoms with van der Waals surface area (Å²) in [6.45, 7) is 0. The molecule has 0 aliphatic heterocycles. The number of aromatic nitrogens is 1. The van der Waals surface area contributed by atoms with Gasteiger partial charge >= 0.3 is 0 Å². The number of aromatic hydroxyl groups is 1. The summed E-state index contributed by atoms with van der Waals surface area (Å²) >= 11 is 3.22. The van der Waals surface area contributed by atoms with Crippen LogP contribution in [0.4, 0.5) is 11.4 Å². The quantitative estimate of drug-likeness (QED) is 0.451. The highest BCUT2D eigenvalue weighted by Gasteiger charge is 2.12. The van der Waals surface area contributed by atoms with Gasteiger partial charge in [-0.15, -0.1) is 0 Å². The third-order valence-electron chi connectivity index (χ3n) is 2.29. The van der Waals surface area contributed by atoms with E-state index in [1.54, 1.807) is 18.3 Å². The largest absolute Gasteiger partial charge is 0.508 e. The summed E-state index contributed by atoms with van der Waals surface area (Å²) in [4.78, 5) is 16.0. The highest BCUT2D eigenvalue weighted by Crippen LogP contribution is 2.22. The molecule has 1 heterocycles. The van der Waals surface area contributed by atoms with Gasteiger partial charge in [0.2, 0.25) is 0 Å². The highest BCUT2D eigenvalue weighted by atomic mass is 79.9. The van der Waals surface area contributed by atoms with E-state index >= 15 is 0 Å². The number of phenols is 1. The van der Waals surface area contributed by atoms with Crippen LogP contribution in [0.1, 0.15) is 10.4 Å². The summed E-state index contributed by atoms with van der Waals surface area (Å²) in [6.07, 6.45) is 1.60. The number of nitrogen functional groups attached to an aromatic ring is 1. The third kappa shape index (κ3) is 2.60. The van der Waals surface area contributed by atoms with Crippen molar-refractivity contribution in [3.8, 4) is 5.75 Å². The van der Waals surface area contributed by atoms with Crippen LogP contribution in [-0.2, 0) is 0 Å². The minimum Gasteiger partial charge on any atom is -0.508 e. The maximum Gasteiger partial charge on any atom is 0.257 e. The first-order valence-corrected chi connectivity index (χ1v) is 5.87. The standard InChI is InChI=1S/C12H10BrN3O2/c13-11-10(2-1-5-15-11)16-12(18)8-6-7(17)3-4-9(8)14/h1-6,17H,14H2,(H,16,18). The molecule has 1 aromatic heterocycles. The Morgan fingerprint density at radius 3 is 2.89 bits per heavy atom. The maximum atomic E-state index is 12.0. The first kappa shape index (κ1) is 12.4. The monoisotopic (exact) mass is 307 g/mol. The van der Waals surface area contributed by atoms with Gasteiger partial charge in [-0.25, -0.2) is 4.98 Å². The highest BCUT2D eigenvalue weighted by molar-refractivity contribution is 9.10. The van der Waals surface area contributed by atoms with E-state index in [9.17, 15) is 9.90 Å². The summed E-state index contributed by atoms with van der Waals surface area (Å²) in [5.74, 6) is -0.420. The van der Waals surface area contributed by atoms with E-state index in [2.05, 4.69) is 26.2 Å². The molecule has 0 radical (unpaired) electrons. The first-order chi connectivity index (χ1) is 8.58. The number of nitrogens with one attached hydrogen (secondary N) is 1. The molecule has 5 nitrogen and oxygen atoms in total. The molecule has 0 spiro atoms. The lowest BCUT2D eigenvalue weighted by Gasteiger charge is -2.08. The zero-order valence-corrected chi connectivity index (χ0v) is 10.8. The van der Waals surface area contributed by atoms with Crippen LogP contribution in [0.5, 0.6) is 5.75 Å². The van der Waals surface area contributed by atoms with Crippen LogP contribution in [0.3, 0.4) is 0 Å². The lowest BCUT2D eigenvalue weighted by molar-refractivity contribution is 0.102. The van der Waals surface area contributed by atoms with Crippen molar-refractivity contribution < 1.29 is 9.90 Å². The Hall–Kier alpha value is -2.08. The number of pyridine rings is 1. The predicted octanol–water partition coefficient (Wildman–Crippen LogP) is 2.38. The average molecular weight is 308 g/mol. The number of amides is 1. The topological polar surface area (TPSA) is 88.2 Å². The van der Waals surface area contributed by atoms with Crippen LogP contribution in [0.15, 0.2) is 41.1 Å². The summed E-state index contributed by atoms with van der Waals surface area (Å²) in [5.41, 5.74) is 6.73. The molecule has 92 valence electrons. The van der Waals surface area contributed by atoms with Gasteiger partial charge in [0, 0.05) is 11.9 Å². The molecular weight excluding hydrogens is 298 g/mol. The van der Waals surface area contributed by atoms with Gasteiger partial charge in [-0.1, -0.05) is 0 Å². The molecule has 0 fully saturated rings. The Bertz CT molecular complexity index is 602. The van der Waals surface area contributed by atoms with E-state index in [4.69, 9.17) is 5.73 Å². The Morgan fingerprint density at radius 2 is 2.17 bits per heavy atom. The van der Waals surface area contributed by atoms with Crippen LogP contribution in [-0.4, -0.2) is 16.0 Å². The van der Waals surface area contributed by atoms with Gasteiger partial charge in [-0.2, -0.15) is 0 Å². The number of phenolic OH excluding ortho intramolecular Hbond substituents is 1. The molecule has 0 unspecified atom stereocenters. The van der Waals surface area contributed by atoms with Crippen molar-refractivity contribution in [1.29, 1.82) is 0 Å². The fraction of sp³-hybridized carbons (Fsp3) is 0. The Morgan fingerprint density at radius 1 is 1.39 bits per heavy atom. The number of rotatable bonds is 2. The number of nitrogens with zero attached hydrogens (tertiary/aromatic N) is 1. The van der Waals surface area contributed by atoms with Gasteiger partial charge in [0.05, 0.1) is 11.3 Å². The van der Waals surface area contributed by atoms with Gasteiger partial charge in [-0.3, -0.25) is 4.79 Å². The van der Waals surface area contributed by atoms with Crippen molar-refractivity contribution in [3.63, 3.8) is 0 Å². The fourth-order valence-electron chi connectivity index (χ4n) is 1.41. The molecule has 0 aliphatic rings. The van der Waals surface area contributed by atoms with Crippen molar-refractivity contribution in [2.24, 2.45) is 0 Å². The number of nitrogens with two attached hydrogens (primary N) is 1. The van der Waals surface area contributed by atoms with Crippen LogP contribution in [0.2, 0.25) is 0 Å². The number of hydrogen-bond acceptors (Lipinski definition) is 4. The second kappa shape index (κ2) is 5.05. The predicted molar refractivity (Wildman–Crippen MR) is 72.4 cm³/mol. The van der Waals surface area contributed by atoms with Gasteiger partial charge in [0.25, 0.3) is 5.91 Å². The Labute approximate surface area is 112 Å². The van der Waals surface area contributed by atoms with Gasteiger partial charge in [0.15, 0.2) is 0 Å². The Balaban J connectivity index is 2.28. The van der Waals surface area contributed by atoms with Crippen molar-refractivity contribution in [3.05, 3.63) is 46.7 Å². The molecule has 0 aliphatic carbocycles. The van der Waals surface area contributed by atoms with Crippen LogP contribution >= 0.6 is 15.9 Å². The van der Waals surface area contributed by atoms with E-state index in [-0.39, 0.29) is 11.3 Å². The van der Waals surface area contributed by atoms with Gasteiger partial charge in [0.1, 0.15) is 10.4 Å². The second-order valence-electron chi connectivity index (χ2n) is 3.57. The van der Waals surface area contributed by atoms with Crippen LogP contribution in [0.25, 0.3) is 0 Å². The summed E-state index contributed by atoms with van der Waals surface area (Å²) in [6, 6.07) is 7.61. The Kier molecular flexibility index (Phi) is 3.47. The molecule has 6 heteroatoms. The molecular formula is C12H10BrN3O2. The minimum atomic E-state index is -0.405. The maximum absolute atomic E-state index is 12.0. The van der Waals surface area contributed by atoms with E-state index in [0.29, 0.717) is 16.0 Å². The zero-order chi connectivity index (χ0) is 13.1. The summed E-state index contributed by atoms with van der Waals surface area (Å²) in [5, 5.41) is 12.0. The van der Waals surface area contributed by atoms with Crippen molar-refractivity contribution in [2.45, 2.75) is 0 Å². The molecule has 0 saturated heterocycles. The van der Waals surface area contributed by atoms with Crippen molar-refractivity contribution in [1.82, 2.24) is 4.98 Å². The number of benzene rings is 1. The first-order valence-electron chi connectivity index (χ1n) is 5.08. The van der Waals surface area contributed by atoms with Crippen LogP contribution in [0, 0.1) is 0 Å². The smallest absolute Gasteiger partial charge is 0.257 e. The SMILES string of the molecule is Nc1ccc(O)cc1C(=O)Nc1cccnc1Br. The molecule has 0 bridgehead atoms. The number of carbonyl (C=O) groups excluding carboxylic acids is 1. The lowest BCUT2D eigenvalue weighted by Crippen LogP contribution is -2.14. The molecule has 1 amide bonds. The molecule has 1 aromatic carbocycles. The molecule has 2 rings (SSSR count). The van der Waals surface area contributed by atoms with Gasteiger partial charge in [-0.05, 0) is 46.3 Å². The van der Waals surface area contributed by atoms with Crippen molar-refractivity contribution in [2.75, 3.05) is 11.1 Å². The van der Waals surface area contributed by atoms with Crippen molar-refractivity contribution >= 4 is 33.2 Å². The normalized spacial score (nSPS) is 10.1. The molecule has 4 N–H and O–H groups in total. The fourth-order valence-corrected chi connectivity index (χ4v) is 1.76. The van der Waals surface area contributed by atoms with E-state index < -0.39 is 5.91 Å². The van der Waals surface area contributed by atoms with Gasteiger partial charge < -0.3 is 16.2 Å². The number of hydrogen-bond donors (Lipinski definition) is 3. The van der Waals surface area contributed by atoms with E-state index in [1.165, 1.54) is 18.2 Å². The molecule has 0 saturated carbocycles. The summed E-state index contributed by atoms with van der Waals surface area (Å²) < 4.78 is 0.525. The van der Waals surface area contributed by atoms with E-state index in [0.717, 1.165) is 0 Å². The zero-order valence-electron chi connectivity index (χ0n) is 9.22. The molecule has 18 heavy (non-hydrogen) atoms. The lowest BCUT2D eigenvalue weighted by atomic mass is 10.1. The third-order valence-corrected chi connectivity index (χ3v) is 2.92. The van der Waals surface area contributed by atoms with Crippen LogP contribution < -0.4 is 11.1 Å². The number of halogens is 1. The molecule has 2 aromatic rings. The number of carbonyl (C=O) groups is 1. The van der Waals surface area contributed by atoms with E-state index in [1.807, 2.05) is 0 Å². The average Bonchev–Trinajstić information content (AvgIpc) is 2.35.